The van der Waals surface area contributed by atoms with Crippen molar-refractivity contribution in [2.45, 2.75) is 96.2 Å². The molecule has 232 valence electrons. The van der Waals surface area contributed by atoms with E-state index in [0.717, 1.165) is 24.2 Å². The van der Waals surface area contributed by atoms with Gasteiger partial charge in [-0.2, -0.15) is 0 Å². The van der Waals surface area contributed by atoms with Gasteiger partial charge in [0.15, 0.2) is 5.96 Å². The molecule has 2 amide bonds. The van der Waals surface area contributed by atoms with Gasteiger partial charge in [-0.25, -0.2) is 0 Å². The molecule has 0 aromatic heterocycles. The number of nitrogens with zero attached hydrogens (tertiary/aromatic N) is 1. The fourth-order valence-corrected chi connectivity index (χ4v) is 7.84. The molecule has 1 saturated heterocycles. The number of nitrogens with two attached hydrogens (primary N) is 1. The van der Waals surface area contributed by atoms with Gasteiger partial charge in [-0.15, -0.1) is 11.8 Å². The van der Waals surface area contributed by atoms with Crippen LogP contribution in [0.1, 0.15) is 72.3 Å². The van der Waals surface area contributed by atoms with Crippen LogP contribution in [0.5, 0.6) is 0 Å². The fourth-order valence-electron chi connectivity index (χ4n) is 7.04. The van der Waals surface area contributed by atoms with E-state index >= 15 is 0 Å². The van der Waals surface area contributed by atoms with E-state index in [0.29, 0.717) is 43.1 Å². The third kappa shape index (κ3) is 7.64. The molecule has 4 fully saturated rings. The Balaban J connectivity index is 1.39. The van der Waals surface area contributed by atoms with Crippen LogP contribution in [0.15, 0.2) is 35.3 Å². The molecular formula is C31H50BN5O4S. The van der Waals surface area contributed by atoms with Gasteiger partial charge in [-0.05, 0) is 67.8 Å². The Morgan fingerprint density at radius 3 is 2.57 bits per heavy atom. The normalized spacial score (nSPS) is 27.5. The Morgan fingerprint density at radius 1 is 1.17 bits per heavy atom. The molecule has 6 atom stereocenters. The number of benzene rings is 1. The molecule has 3 saturated carbocycles. The van der Waals surface area contributed by atoms with E-state index in [1.54, 1.807) is 7.05 Å². The quantitative estimate of drug-likeness (QED) is 0.112. The van der Waals surface area contributed by atoms with E-state index in [4.69, 9.17) is 15.0 Å². The van der Waals surface area contributed by atoms with Crippen LogP contribution in [0.2, 0.25) is 0 Å². The molecule has 5 N–H and O–H groups in total. The van der Waals surface area contributed by atoms with Crippen molar-refractivity contribution in [3.05, 3.63) is 35.9 Å². The first-order chi connectivity index (χ1) is 19.9. The lowest BCUT2D eigenvalue weighted by Crippen LogP contribution is -2.65. The summed E-state index contributed by atoms with van der Waals surface area (Å²) < 4.78 is 13.3. The number of nitrogens with one attached hydrogen (secondary N) is 3. The maximum atomic E-state index is 13.8. The SMILES string of the molecule is CN=C(N)NCCC[C@H](NC(=O)CSCc1ccccc1)C(=O)N[C@@H](CC(C)C)B1O[C@@H]2C[C@@H]3C[C@@H](C3(C)C)[C@]2(C)O1. The highest BCUT2D eigenvalue weighted by Crippen LogP contribution is 2.65. The first-order valence-corrected chi connectivity index (χ1v) is 16.6. The Labute approximate surface area is 256 Å². The van der Waals surface area contributed by atoms with Gasteiger partial charge in [0.25, 0.3) is 0 Å². The second-order valence-corrected chi connectivity index (χ2v) is 14.3. The van der Waals surface area contributed by atoms with E-state index in [-0.39, 0.29) is 40.6 Å². The molecule has 1 aliphatic heterocycles. The number of amides is 2. The van der Waals surface area contributed by atoms with Gasteiger partial charge in [0.05, 0.1) is 23.4 Å². The molecule has 5 rings (SSSR count). The molecule has 0 spiro atoms. The summed E-state index contributed by atoms with van der Waals surface area (Å²) in [5.41, 5.74) is 6.82. The summed E-state index contributed by atoms with van der Waals surface area (Å²) in [7, 11) is 1.11. The van der Waals surface area contributed by atoms with Crippen molar-refractivity contribution in [3.63, 3.8) is 0 Å². The van der Waals surface area contributed by atoms with Gasteiger partial charge < -0.3 is 31.0 Å². The molecule has 42 heavy (non-hydrogen) atoms. The fraction of sp³-hybridized carbons (Fsp3) is 0.710. The standard InChI is InChI=1S/C31H50BN5O4S/c1-20(2)15-26(32-40-25-17-22-16-24(30(22,3)4)31(25,5)41-32)37-28(39)23(13-10-14-35-29(33)34-6)36-27(38)19-42-18-21-11-8-7-9-12-21/h7-9,11-12,20,22-26H,10,13-19H2,1-6H3,(H,36,38)(H,37,39)(H3,33,34,35)/t22-,23-,24-,25+,26-,31-/m0/s1. The number of carbonyl (C=O) groups is 2. The van der Waals surface area contributed by atoms with E-state index in [1.807, 2.05) is 30.3 Å². The predicted molar refractivity (Wildman–Crippen MR) is 171 cm³/mol. The van der Waals surface area contributed by atoms with E-state index in [9.17, 15) is 9.59 Å². The lowest BCUT2D eigenvalue weighted by Gasteiger charge is -2.64. The summed E-state index contributed by atoms with van der Waals surface area (Å²) in [5, 5.41) is 9.26. The number of carbonyl (C=O) groups excluding carboxylic acids is 2. The predicted octanol–water partition coefficient (Wildman–Crippen LogP) is 3.52. The van der Waals surface area contributed by atoms with E-state index in [1.165, 1.54) is 18.2 Å². The van der Waals surface area contributed by atoms with Gasteiger partial charge in [0.1, 0.15) is 6.04 Å². The lowest BCUT2D eigenvalue weighted by molar-refractivity contribution is -0.199. The zero-order chi connectivity index (χ0) is 30.5. The molecule has 2 bridgehead atoms. The molecule has 3 aliphatic carbocycles. The highest BCUT2D eigenvalue weighted by atomic mass is 32.2. The minimum atomic E-state index is -0.683. The van der Waals surface area contributed by atoms with Crippen LogP contribution in [0.25, 0.3) is 0 Å². The molecule has 1 aromatic carbocycles. The molecule has 0 unspecified atom stereocenters. The molecule has 4 aliphatic rings. The smallest absolute Gasteiger partial charge is 0.404 e. The maximum absolute atomic E-state index is 13.8. The third-order valence-electron chi connectivity index (χ3n) is 9.56. The van der Waals surface area contributed by atoms with Gasteiger partial charge >= 0.3 is 7.12 Å². The summed E-state index contributed by atoms with van der Waals surface area (Å²) in [6.45, 7) is 11.7. The molecule has 9 nitrogen and oxygen atoms in total. The monoisotopic (exact) mass is 599 g/mol. The average molecular weight is 600 g/mol. The average Bonchev–Trinajstić information content (AvgIpc) is 3.31. The van der Waals surface area contributed by atoms with Gasteiger partial charge in [-0.1, -0.05) is 58.0 Å². The number of aliphatic imine (C=N–C) groups is 1. The van der Waals surface area contributed by atoms with Crippen molar-refractivity contribution < 1.29 is 18.9 Å². The third-order valence-corrected chi connectivity index (χ3v) is 10.6. The van der Waals surface area contributed by atoms with Crippen LogP contribution in [-0.2, 0) is 24.7 Å². The highest BCUT2D eigenvalue weighted by molar-refractivity contribution is 7.99. The Bertz CT molecular complexity index is 1110. The molecule has 11 heteroatoms. The van der Waals surface area contributed by atoms with Crippen molar-refractivity contribution in [3.8, 4) is 0 Å². The van der Waals surface area contributed by atoms with Crippen LogP contribution >= 0.6 is 11.8 Å². The zero-order valence-electron chi connectivity index (χ0n) is 26.2. The topological polar surface area (TPSA) is 127 Å². The number of hydrogen-bond acceptors (Lipinski definition) is 6. The van der Waals surface area contributed by atoms with Crippen LogP contribution in [0.3, 0.4) is 0 Å². The van der Waals surface area contributed by atoms with E-state index < -0.39 is 13.2 Å². The van der Waals surface area contributed by atoms with Crippen molar-refractivity contribution in [2.75, 3.05) is 19.3 Å². The zero-order valence-corrected chi connectivity index (χ0v) is 27.0. The highest BCUT2D eigenvalue weighted by Gasteiger charge is 2.68. The largest absolute Gasteiger partial charge is 0.481 e. The summed E-state index contributed by atoms with van der Waals surface area (Å²) in [6.07, 6.45) is 4.03. The Morgan fingerprint density at radius 2 is 1.90 bits per heavy atom. The first-order valence-electron chi connectivity index (χ1n) is 15.4. The minimum absolute atomic E-state index is 0.0414. The van der Waals surface area contributed by atoms with Gasteiger partial charge in [0.2, 0.25) is 11.8 Å². The van der Waals surface area contributed by atoms with Crippen LogP contribution in [0.4, 0.5) is 0 Å². The lowest BCUT2D eigenvalue weighted by atomic mass is 9.43. The second-order valence-electron chi connectivity index (χ2n) is 13.4. The summed E-state index contributed by atoms with van der Waals surface area (Å²) in [5.74, 6) is 2.09. The summed E-state index contributed by atoms with van der Waals surface area (Å²) >= 11 is 1.53. The Hall–Kier alpha value is -2.24. The van der Waals surface area contributed by atoms with Crippen molar-refractivity contribution in [1.29, 1.82) is 0 Å². The minimum Gasteiger partial charge on any atom is -0.404 e. The summed E-state index contributed by atoms with van der Waals surface area (Å²) in [6, 6.07) is 9.36. The Kier molecular flexibility index (Phi) is 10.9. The van der Waals surface area contributed by atoms with Crippen molar-refractivity contribution in [2.24, 2.45) is 33.9 Å². The number of rotatable bonds is 14. The van der Waals surface area contributed by atoms with Crippen LogP contribution in [0, 0.1) is 23.2 Å². The molecule has 1 aromatic rings. The van der Waals surface area contributed by atoms with Gasteiger partial charge in [-0.3, -0.25) is 14.6 Å². The molecule has 0 radical (unpaired) electrons. The van der Waals surface area contributed by atoms with Crippen molar-refractivity contribution >= 4 is 36.7 Å². The van der Waals surface area contributed by atoms with Gasteiger partial charge in [0, 0.05) is 19.3 Å². The number of guanidine groups is 1. The molecule has 1 heterocycles. The van der Waals surface area contributed by atoms with Crippen molar-refractivity contribution in [1.82, 2.24) is 16.0 Å². The second kappa shape index (κ2) is 14.0. The molecular weight excluding hydrogens is 549 g/mol. The first kappa shape index (κ1) is 32.7. The van der Waals surface area contributed by atoms with Crippen LogP contribution < -0.4 is 21.7 Å². The number of hydrogen-bond donors (Lipinski definition) is 4. The maximum Gasteiger partial charge on any atom is 0.481 e. The summed E-state index contributed by atoms with van der Waals surface area (Å²) in [4.78, 5) is 30.6. The van der Waals surface area contributed by atoms with Crippen LogP contribution in [-0.4, -0.2) is 67.9 Å². The number of thioether (sulfide) groups is 1. The van der Waals surface area contributed by atoms with E-state index in [2.05, 4.69) is 55.6 Å².